The molecule has 4 rings (SSSR count). The van der Waals surface area contributed by atoms with E-state index in [-0.39, 0.29) is 23.8 Å². The van der Waals surface area contributed by atoms with E-state index < -0.39 is 0 Å². The minimum absolute atomic E-state index is 0.0546. The number of fused-ring (bicyclic) bond motifs is 1. The van der Waals surface area contributed by atoms with Crippen LogP contribution in [0.3, 0.4) is 0 Å². The molecule has 7 heteroatoms. The van der Waals surface area contributed by atoms with Crippen molar-refractivity contribution in [2.75, 3.05) is 26.2 Å². The molecule has 2 atom stereocenters. The first kappa shape index (κ1) is 19.6. The van der Waals surface area contributed by atoms with Gasteiger partial charge in [-0.2, -0.15) is 0 Å². The fraction of sp³-hybridized carbons (Fsp3) is 0.364. The third kappa shape index (κ3) is 4.65. The van der Waals surface area contributed by atoms with Crippen LogP contribution in [0.2, 0.25) is 5.02 Å². The zero-order valence-electron chi connectivity index (χ0n) is 16.0. The van der Waals surface area contributed by atoms with Gasteiger partial charge in [0.2, 0.25) is 5.91 Å². The van der Waals surface area contributed by atoms with E-state index in [0.717, 1.165) is 18.6 Å². The van der Waals surface area contributed by atoms with Crippen LogP contribution in [-0.2, 0) is 4.79 Å². The topological polar surface area (TPSA) is 67.9 Å². The van der Waals surface area contributed by atoms with E-state index in [4.69, 9.17) is 21.1 Å². The van der Waals surface area contributed by atoms with E-state index in [9.17, 15) is 9.59 Å². The van der Waals surface area contributed by atoms with Gasteiger partial charge in [0.25, 0.3) is 5.91 Å². The van der Waals surface area contributed by atoms with Gasteiger partial charge in [-0.25, -0.2) is 0 Å². The van der Waals surface area contributed by atoms with Gasteiger partial charge in [0.05, 0.1) is 12.5 Å². The molecule has 0 bridgehead atoms. The predicted octanol–water partition coefficient (Wildman–Crippen LogP) is 3.15. The molecule has 1 N–H and O–H groups in total. The number of nitrogens with one attached hydrogen (secondary N) is 1. The van der Waals surface area contributed by atoms with Crippen molar-refractivity contribution in [3.8, 4) is 11.5 Å². The van der Waals surface area contributed by atoms with Crippen LogP contribution in [0.4, 0.5) is 0 Å². The summed E-state index contributed by atoms with van der Waals surface area (Å²) in [6, 6.07) is 14.3. The Kier molecular flexibility index (Phi) is 5.90. The molecule has 2 unspecified atom stereocenters. The summed E-state index contributed by atoms with van der Waals surface area (Å²) in [5.41, 5.74) is 0.585. The molecule has 2 heterocycles. The lowest BCUT2D eigenvalue weighted by atomic mass is 9.96. The molecule has 0 aliphatic carbocycles. The fourth-order valence-electron chi connectivity index (χ4n) is 3.67. The van der Waals surface area contributed by atoms with Crippen LogP contribution in [0.1, 0.15) is 23.2 Å². The average molecular weight is 415 g/mol. The van der Waals surface area contributed by atoms with Gasteiger partial charge < -0.3 is 19.7 Å². The Morgan fingerprint density at radius 3 is 2.66 bits per heavy atom. The van der Waals surface area contributed by atoms with Gasteiger partial charge in [-0.05, 0) is 49.2 Å². The number of likely N-dealkylation sites (tertiary alicyclic amines) is 1. The molecule has 2 aliphatic heterocycles. The Balaban J connectivity index is 1.30. The van der Waals surface area contributed by atoms with Crippen molar-refractivity contribution in [3.63, 3.8) is 0 Å². The summed E-state index contributed by atoms with van der Waals surface area (Å²) in [5.74, 6) is 1.06. The molecule has 152 valence electrons. The van der Waals surface area contributed by atoms with Gasteiger partial charge in [-0.3, -0.25) is 9.59 Å². The highest BCUT2D eigenvalue weighted by atomic mass is 35.5. The number of ether oxygens (including phenoxy) is 2. The lowest BCUT2D eigenvalue weighted by molar-refractivity contribution is -0.126. The van der Waals surface area contributed by atoms with Crippen LogP contribution in [0.25, 0.3) is 0 Å². The number of nitrogens with zero attached hydrogens (tertiary/aromatic N) is 1. The van der Waals surface area contributed by atoms with E-state index >= 15 is 0 Å². The smallest absolute Gasteiger partial charge is 0.253 e. The maximum absolute atomic E-state index is 12.7. The summed E-state index contributed by atoms with van der Waals surface area (Å²) in [5, 5.41) is 3.55. The molecule has 0 saturated carbocycles. The molecule has 1 fully saturated rings. The second kappa shape index (κ2) is 8.74. The van der Waals surface area contributed by atoms with Crippen molar-refractivity contribution < 1.29 is 19.1 Å². The standard InChI is InChI=1S/C22H23ClN2O4/c23-17-9-7-15(8-10-17)22(27)25-11-3-4-16(13-25)21(26)24-12-18-14-28-19-5-1-2-6-20(19)29-18/h1-2,5-10,16,18H,3-4,11-14H2,(H,24,26). The summed E-state index contributed by atoms with van der Waals surface area (Å²) in [6.45, 7) is 1.83. The zero-order chi connectivity index (χ0) is 20.2. The van der Waals surface area contributed by atoms with Gasteiger partial charge in [-0.1, -0.05) is 23.7 Å². The lowest BCUT2D eigenvalue weighted by Gasteiger charge is -2.33. The maximum Gasteiger partial charge on any atom is 0.253 e. The van der Waals surface area contributed by atoms with E-state index in [2.05, 4.69) is 5.32 Å². The number of carbonyl (C=O) groups excluding carboxylic acids is 2. The Morgan fingerprint density at radius 2 is 1.86 bits per heavy atom. The van der Waals surface area contributed by atoms with Crippen molar-refractivity contribution in [2.45, 2.75) is 18.9 Å². The normalized spacial score (nSPS) is 20.8. The fourth-order valence-corrected chi connectivity index (χ4v) is 3.80. The second-order valence-corrected chi connectivity index (χ2v) is 7.78. The molecule has 2 aromatic rings. The minimum Gasteiger partial charge on any atom is -0.486 e. The third-order valence-corrected chi connectivity index (χ3v) is 5.49. The zero-order valence-corrected chi connectivity index (χ0v) is 16.7. The first-order chi connectivity index (χ1) is 14.1. The summed E-state index contributed by atoms with van der Waals surface area (Å²) in [6.07, 6.45) is 1.33. The van der Waals surface area contributed by atoms with Crippen LogP contribution in [0.5, 0.6) is 11.5 Å². The number of piperidine rings is 1. The number of halogens is 1. The number of rotatable bonds is 4. The van der Waals surface area contributed by atoms with Crippen LogP contribution in [-0.4, -0.2) is 49.1 Å². The average Bonchev–Trinajstić information content (AvgIpc) is 2.77. The molecule has 0 aromatic heterocycles. The molecule has 2 aliphatic rings. The van der Waals surface area contributed by atoms with E-state index in [1.165, 1.54) is 0 Å². The molecule has 2 amide bonds. The molecule has 29 heavy (non-hydrogen) atoms. The highest BCUT2D eigenvalue weighted by Gasteiger charge is 2.30. The Bertz CT molecular complexity index is 887. The minimum atomic E-state index is -0.232. The van der Waals surface area contributed by atoms with E-state index in [0.29, 0.717) is 42.6 Å². The predicted molar refractivity (Wildman–Crippen MR) is 109 cm³/mol. The van der Waals surface area contributed by atoms with Gasteiger partial charge in [0, 0.05) is 23.7 Å². The van der Waals surface area contributed by atoms with Crippen LogP contribution >= 0.6 is 11.6 Å². The van der Waals surface area contributed by atoms with E-state index in [1.54, 1.807) is 29.2 Å². The Morgan fingerprint density at radius 1 is 1.10 bits per heavy atom. The number of hydrogen-bond donors (Lipinski definition) is 1. The van der Waals surface area contributed by atoms with Crippen molar-refractivity contribution in [1.82, 2.24) is 10.2 Å². The number of amides is 2. The number of hydrogen-bond acceptors (Lipinski definition) is 4. The van der Waals surface area contributed by atoms with Gasteiger partial charge >= 0.3 is 0 Å². The largest absolute Gasteiger partial charge is 0.486 e. The van der Waals surface area contributed by atoms with Gasteiger partial charge in [-0.15, -0.1) is 0 Å². The molecule has 2 aromatic carbocycles. The van der Waals surface area contributed by atoms with Gasteiger partial charge in [0.15, 0.2) is 11.5 Å². The Hall–Kier alpha value is -2.73. The monoisotopic (exact) mass is 414 g/mol. The first-order valence-corrected chi connectivity index (χ1v) is 10.2. The second-order valence-electron chi connectivity index (χ2n) is 7.34. The van der Waals surface area contributed by atoms with Crippen molar-refractivity contribution in [2.24, 2.45) is 5.92 Å². The molecular weight excluding hydrogens is 392 g/mol. The van der Waals surface area contributed by atoms with Crippen molar-refractivity contribution in [1.29, 1.82) is 0 Å². The molecule has 1 saturated heterocycles. The highest BCUT2D eigenvalue weighted by Crippen LogP contribution is 2.30. The van der Waals surface area contributed by atoms with Crippen LogP contribution in [0, 0.1) is 5.92 Å². The number of para-hydroxylation sites is 2. The van der Waals surface area contributed by atoms with Crippen LogP contribution < -0.4 is 14.8 Å². The lowest BCUT2D eigenvalue weighted by Crippen LogP contribution is -2.48. The first-order valence-electron chi connectivity index (χ1n) is 9.81. The number of benzene rings is 2. The quantitative estimate of drug-likeness (QED) is 0.834. The highest BCUT2D eigenvalue weighted by molar-refractivity contribution is 6.30. The van der Waals surface area contributed by atoms with E-state index in [1.807, 2.05) is 24.3 Å². The third-order valence-electron chi connectivity index (χ3n) is 5.24. The molecular formula is C22H23ClN2O4. The molecule has 0 radical (unpaired) electrons. The van der Waals surface area contributed by atoms with Gasteiger partial charge in [0.1, 0.15) is 12.7 Å². The summed E-state index contributed by atoms with van der Waals surface area (Å²) in [7, 11) is 0. The summed E-state index contributed by atoms with van der Waals surface area (Å²) < 4.78 is 11.6. The SMILES string of the molecule is O=C(NCC1COc2ccccc2O1)C1CCCN(C(=O)c2ccc(Cl)cc2)C1. The van der Waals surface area contributed by atoms with Crippen LogP contribution in [0.15, 0.2) is 48.5 Å². The summed E-state index contributed by atoms with van der Waals surface area (Å²) in [4.78, 5) is 27.1. The van der Waals surface area contributed by atoms with Crippen molar-refractivity contribution >= 4 is 23.4 Å². The summed E-state index contributed by atoms with van der Waals surface area (Å²) >= 11 is 5.90. The maximum atomic E-state index is 12.7. The molecule has 6 nitrogen and oxygen atoms in total. The van der Waals surface area contributed by atoms with Crippen molar-refractivity contribution in [3.05, 3.63) is 59.1 Å². The number of carbonyl (C=O) groups is 2. The Labute approximate surface area is 174 Å². The molecule has 0 spiro atoms.